The van der Waals surface area contributed by atoms with Gasteiger partial charge in [-0.1, -0.05) is 18.2 Å². The van der Waals surface area contributed by atoms with Gasteiger partial charge in [0.2, 0.25) is 0 Å². The molecule has 9 nitrogen and oxygen atoms in total. The Morgan fingerprint density at radius 2 is 1.92 bits per heavy atom. The summed E-state index contributed by atoms with van der Waals surface area (Å²) in [6.45, 7) is 2.69. The molecule has 0 spiro atoms. The summed E-state index contributed by atoms with van der Waals surface area (Å²) in [5.41, 5.74) is 10.2. The Hall–Kier alpha value is -3.61. The van der Waals surface area contributed by atoms with Gasteiger partial charge in [0.05, 0.1) is 41.0 Å². The van der Waals surface area contributed by atoms with Crippen molar-refractivity contribution in [1.82, 2.24) is 14.0 Å². The Morgan fingerprint density at radius 1 is 1.17 bits per heavy atom. The van der Waals surface area contributed by atoms with Gasteiger partial charge in [0.15, 0.2) is 0 Å². The van der Waals surface area contributed by atoms with E-state index in [0.717, 1.165) is 36.2 Å². The number of carbonyl (C=O) groups is 1. The fourth-order valence-electron chi connectivity index (χ4n) is 5.45. The van der Waals surface area contributed by atoms with Gasteiger partial charge < -0.3 is 20.6 Å². The number of rotatable bonds is 4. The van der Waals surface area contributed by atoms with Gasteiger partial charge in [-0.25, -0.2) is 4.79 Å². The molecule has 3 heterocycles. The van der Waals surface area contributed by atoms with E-state index < -0.39 is 0 Å². The zero-order valence-electron chi connectivity index (χ0n) is 20.6. The standard InChI is InChI=1S/C27H32N6O3/c1-30-23-13-20(26(35)31-11-8-22(34)9-12-31)14-24(32-10-4-7-21(29)17-32)25(23)33(27(30)36)16-19-6-3-2-5-18(19)15-28/h2-3,5-6,13-14,21-22,34H,4,7-12,16-17,29H2,1H3/t21-/m1/s1. The highest BCUT2D eigenvalue weighted by Gasteiger charge is 2.28. The van der Waals surface area contributed by atoms with Gasteiger partial charge in [-0.15, -0.1) is 0 Å². The van der Waals surface area contributed by atoms with E-state index in [1.165, 1.54) is 0 Å². The van der Waals surface area contributed by atoms with Crippen LogP contribution in [0, 0.1) is 11.3 Å². The molecule has 1 aromatic heterocycles. The number of carbonyl (C=O) groups excluding carboxylic acids is 1. The number of aliphatic hydroxyl groups excluding tert-OH is 1. The molecule has 0 saturated carbocycles. The molecule has 2 aliphatic heterocycles. The van der Waals surface area contributed by atoms with Crippen molar-refractivity contribution in [3.8, 4) is 6.07 Å². The maximum Gasteiger partial charge on any atom is 0.329 e. The molecule has 0 unspecified atom stereocenters. The topological polar surface area (TPSA) is 121 Å². The number of amides is 1. The number of nitriles is 1. The van der Waals surface area contributed by atoms with Crippen LogP contribution >= 0.6 is 0 Å². The molecule has 3 aromatic rings. The van der Waals surface area contributed by atoms with Gasteiger partial charge in [-0.2, -0.15) is 5.26 Å². The van der Waals surface area contributed by atoms with Gasteiger partial charge >= 0.3 is 5.69 Å². The molecule has 0 radical (unpaired) electrons. The molecule has 1 atom stereocenters. The quantitative estimate of drug-likeness (QED) is 0.578. The van der Waals surface area contributed by atoms with E-state index in [-0.39, 0.29) is 30.3 Å². The van der Waals surface area contributed by atoms with Crippen LogP contribution in [0.1, 0.15) is 47.2 Å². The smallest absolute Gasteiger partial charge is 0.329 e. The van der Waals surface area contributed by atoms with Crippen LogP contribution in [0.15, 0.2) is 41.2 Å². The third-order valence-corrected chi connectivity index (χ3v) is 7.48. The van der Waals surface area contributed by atoms with E-state index in [2.05, 4.69) is 11.0 Å². The molecule has 2 aromatic carbocycles. The number of aryl methyl sites for hydroxylation is 1. The highest BCUT2D eigenvalue weighted by atomic mass is 16.3. The number of hydrogen-bond donors (Lipinski definition) is 2. The van der Waals surface area contributed by atoms with Crippen LogP contribution in [0.5, 0.6) is 0 Å². The van der Waals surface area contributed by atoms with Crippen molar-refractivity contribution in [3.05, 3.63) is 63.6 Å². The highest BCUT2D eigenvalue weighted by Crippen LogP contribution is 2.32. The lowest BCUT2D eigenvalue weighted by molar-refractivity contribution is 0.0546. The van der Waals surface area contributed by atoms with Crippen LogP contribution in [-0.4, -0.2) is 63.4 Å². The van der Waals surface area contributed by atoms with Crippen LogP contribution < -0.4 is 16.3 Å². The van der Waals surface area contributed by atoms with E-state index >= 15 is 0 Å². The van der Waals surface area contributed by atoms with Crippen molar-refractivity contribution in [2.75, 3.05) is 31.1 Å². The Kier molecular flexibility index (Phi) is 6.56. The molecule has 3 N–H and O–H groups in total. The maximum absolute atomic E-state index is 13.5. The number of anilines is 1. The first-order chi connectivity index (χ1) is 17.4. The number of aliphatic hydroxyl groups is 1. The minimum Gasteiger partial charge on any atom is -0.393 e. The third kappa shape index (κ3) is 4.38. The van der Waals surface area contributed by atoms with Crippen LogP contribution in [0.3, 0.4) is 0 Å². The average molecular weight is 489 g/mol. The Labute approximate surface area is 209 Å². The molecule has 1 amide bonds. The number of hydrogen-bond acceptors (Lipinski definition) is 6. The third-order valence-electron chi connectivity index (χ3n) is 7.48. The Bertz CT molecular complexity index is 1390. The van der Waals surface area contributed by atoms with Crippen molar-refractivity contribution in [3.63, 3.8) is 0 Å². The van der Waals surface area contributed by atoms with Crippen LogP contribution in [-0.2, 0) is 13.6 Å². The molecule has 2 aliphatic rings. The fourth-order valence-corrected chi connectivity index (χ4v) is 5.45. The molecule has 0 bridgehead atoms. The lowest BCUT2D eigenvalue weighted by Gasteiger charge is -2.34. The normalized spacial score (nSPS) is 19.0. The number of benzene rings is 2. The summed E-state index contributed by atoms with van der Waals surface area (Å²) in [6, 6.07) is 13.2. The lowest BCUT2D eigenvalue weighted by atomic mass is 10.0. The van der Waals surface area contributed by atoms with Crippen LogP contribution in [0.25, 0.3) is 11.0 Å². The predicted octanol–water partition coefficient (Wildman–Crippen LogP) is 1.78. The zero-order chi connectivity index (χ0) is 25.4. The zero-order valence-corrected chi connectivity index (χ0v) is 20.6. The first-order valence-corrected chi connectivity index (χ1v) is 12.6. The predicted molar refractivity (Wildman–Crippen MR) is 138 cm³/mol. The van der Waals surface area contributed by atoms with E-state index in [4.69, 9.17) is 5.73 Å². The first-order valence-electron chi connectivity index (χ1n) is 12.6. The minimum absolute atomic E-state index is 0.0138. The van der Waals surface area contributed by atoms with Gasteiger partial charge in [0.25, 0.3) is 5.91 Å². The van der Waals surface area contributed by atoms with Gasteiger partial charge in [-0.05, 0) is 49.4 Å². The summed E-state index contributed by atoms with van der Waals surface area (Å²) in [5, 5.41) is 19.5. The van der Waals surface area contributed by atoms with E-state index in [1.807, 2.05) is 24.3 Å². The van der Waals surface area contributed by atoms with Crippen molar-refractivity contribution < 1.29 is 9.90 Å². The Balaban J connectivity index is 1.66. The number of aromatic nitrogens is 2. The second-order valence-corrected chi connectivity index (χ2v) is 9.93. The van der Waals surface area contributed by atoms with Gasteiger partial charge in [0, 0.05) is 44.8 Å². The molecule has 5 rings (SSSR count). The second-order valence-electron chi connectivity index (χ2n) is 9.93. The van der Waals surface area contributed by atoms with Gasteiger partial charge in [0.1, 0.15) is 0 Å². The summed E-state index contributed by atoms with van der Waals surface area (Å²) in [5.74, 6) is -0.0959. The Morgan fingerprint density at radius 3 is 2.64 bits per heavy atom. The summed E-state index contributed by atoms with van der Waals surface area (Å²) < 4.78 is 3.28. The summed E-state index contributed by atoms with van der Waals surface area (Å²) in [6.07, 6.45) is 2.63. The molecule has 0 aliphatic carbocycles. The minimum atomic E-state index is -0.368. The average Bonchev–Trinajstić information content (AvgIpc) is 3.13. The number of imidazole rings is 1. The van der Waals surface area contributed by atoms with Crippen molar-refractivity contribution in [1.29, 1.82) is 5.26 Å². The lowest BCUT2D eigenvalue weighted by Crippen LogP contribution is -2.43. The van der Waals surface area contributed by atoms with Gasteiger partial charge in [-0.3, -0.25) is 13.9 Å². The number of nitrogens with zero attached hydrogens (tertiary/aromatic N) is 5. The van der Waals surface area contributed by atoms with E-state index in [1.54, 1.807) is 33.2 Å². The molecule has 2 saturated heterocycles. The molecule has 2 fully saturated rings. The fraction of sp³-hybridized carbons (Fsp3) is 0.444. The molecule has 36 heavy (non-hydrogen) atoms. The first kappa shape index (κ1) is 24.1. The van der Waals surface area contributed by atoms with Crippen molar-refractivity contribution >= 4 is 22.6 Å². The molecule has 9 heteroatoms. The van der Waals surface area contributed by atoms with E-state index in [9.17, 15) is 20.0 Å². The summed E-state index contributed by atoms with van der Waals surface area (Å²) >= 11 is 0. The second kappa shape index (κ2) is 9.80. The van der Waals surface area contributed by atoms with Crippen LogP contribution in [0.4, 0.5) is 5.69 Å². The number of piperidine rings is 2. The number of fused-ring (bicyclic) bond motifs is 1. The summed E-state index contributed by atoms with van der Waals surface area (Å²) in [4.78, 5) is 30.9. The van der Waals surface area contributed by atoms with Crippen LogP contribution in [0.2, 0.25) is 0 Å². The monoisotopic (exact) mass is 488 g/mol. The molecular weight excluding hydrogens is 456 g/mol. The van der Waals surface area contributed by atoms with Crippen molar-refractivity contribution in [2.24, 2.45) is 12.8 Å². The number of nitrogens with two attached hydrogens (primary N) is 1. The largest absolute Gasteiger partial charge is 0.393 e. The molecule has 188 valence electrons. The SMILES string of the molecule is Cn1c(=O)n(Cc2ccccc2C#N)c2c(N3CCC[C@@H](N)C3)cc(C(=O)N3CCC(O)CC3)cc21. The number of likely N-dealkylation sites (tertiary alicyclic amines) is 1. The highest BCUT2D eigenvalue weighted by molar-refractivity contribution is 6.02. The maximum atomic E-state index is 13.5. The van der Waals surface area contributed by atoms with E-state index in [0.29, 0.717) is 49.1 Å². The summed E-state index contributed by atoms with van der Waals surface area (Å²) in [7, 11) is 1.72. The molecular formula is C27H32N6O3. The van der Waals surface area contributed by atoms with Crippen molar-refractivity contribution in [2.45, 2.75) is 44.4 Å².